The van der Waals surface area contributed by atoms with Gasteiger partial charge in [0.15, 0.2) is 0 Å². The van der Waals surface area contributed by atoms with Gasteiger partial charge in [-0.15, -0.1) is 0 Å². The highest BCUT2D eigenvalue weighted by Crippen LogP contribution is 2.30. The van der Waals surface area contributed by atoms with Crippen LogP contribution in [0.4, 0.5) is 4.39 Å². The van der Waals surface area contributed by atoms with Gasteiger partial charge in [0.2, 0.25) is 0 Å². The van der Waals surface area contributed by atoms with Crippen molar-refractivity contribution in [3.63, 3.8) is 0 Å². The van der Waals surface area contributed by atoms with Crippen LogP contribution in [0.5, 0.6) is 11.5 Å². The van der Waals surface area contributed by atoms with Crippen molar-refractivity contribution in [3.05, 3.63) is 83.7 Å². The summed E-state index contributed by atoms with van der Waals surface area (Å²) in [6.45, 7) is 3.53. The van der Waals surface area contributed by atoms with Gasteiger partial charge in [-0.2, -0.15) is 0 Å². The second-order valence-corrected chi connectivity index (χ2v) is 7.45. The third kappa shape index (κ3) is 5.07. The fraction of sp³-hybridized carbons (Fsp3) is 0.292. The molecule has 0 aliphatic carbocycles. The van der Waals surface area contributed by atoms with E-state index in [9.17, 15) is 4.39 Å². The first kappa shape index (κ1) is 20.2. The monoisotopic (exact) mass is 407 g/mol. The number of fused-ring (bicyclic) bond motifs is 1. The van der Waals surface area contributed by atoms with Crippen LogP contribution in [0.1, 0.15) is 17.5 Å². The van der Waals surface area contributed by atoms with Crippen molar-refractivity contribution >= 4 is 6.08 Å². The van der Waals surface area contributed by atoms with Crippen LogP contribution in [0.2, 0.25) is 0 Å². The lowest BCUT2D eigenvalue weighted by molar-refractivity contribution is 0.256. The van der Waals surface area contributed by atoms with Gasteiger partial charge in [0.1, 0.15) is 23.9 Å². The van der Waals surface area contributed by atoms with Crippen LogP contribution < -0.4 is 9.47 Å². The Morgan fingerprint density at radius 2 is 2.10 bits per heavy atom. The van der Waals surface area contributed by atoms with Crippen molar-refractivity contribution in [2.45, 2.75) is 19.5 Å². The number of hydrogen-bond donors (Lipinski definition) is 0. The molecule has 0 radical (unpaired) electrons. The highest BCUT2D eigenvalue weighted by molar-refractivity contribution is 5.64. The summed E-state index contributed by atoms with van der Waals surface area (Å²) in [7, 11) is 1.66. The van der Waals surface area contributed by atoms with Gasteiger partial charge in [-0.3, -0.25) is 4.90 Å². The number of aryl methyl sites for hydroxylation is 1. The average Bonchev–Trinajstić information content (AvgIpc) is 3.28. The van der Waals surface area contributed by atoms with Crippen LogP contribution in [0.25, 0.3) is 6.08 Å². The molecule has 0 fully saturated rings. The Balaban J connectivity index is 1.48. The van der Waals surface area contributed by atoms with Crippen LogP contribution >= 0.6 is 0 Å². The molecule has 30 heavy (non-hydrogen) atoms. The summed E-state index contributed by atoms with van der Waals surface area (Å²) in [4.78, 5) is 6.37. The Kier molecular flexibility index (Phi) is 6.44. The summed E-state index contributed by atoms with van der Waals surface area (Å²) >= 11 is 0. The minimum Gasteiger partial charge on any atom is -0.497 e. The number of ether oxygens (including phenoxy) is 2. The van der Waals surface area contributed by atoms with Crippen molar-refractivity contribution in [1.82, 2.24) is 14.5 Å². The van der Waals surface area contributed by atoms with Crippen LogP contribution in [-0.4, -0.2) is 41.3 Å². The predicted octanol–water partition coefficient (Wildman–Crippen LogP) is 4.40. The molecular formula is C24H26FN3O2. The third-order valence-corrected chi connectivity index (χ3v) is 5.22. The van der Waals surface area contributed by atoms with Crippen LogP contribution in [0.3, 0.4) is 0 Å². The molecule has 3 aromatic rings. The lowest BCUT2D eigenvalue weighted by Gasteiger charge is -2.26. The lowest BCUT2D eigenvalue weighted by Crippen LogP contribution is -2.30. The molecule has 1 aliphatic heterocycles. The van der Waals surface area contributed by atoms with Crippen molar-refractivity contribution < 1.29 is 13.9 Å². The number of halogens is 1. The second-order valence-electron chi connectivity index (χ2n) is 7.45. The van der Waals surface area contributed by atoms with E-state index in [1.54, 1.807) is 19.4 Å². The maximum Gasteiger partial charge on any atom is 0.127 e. The van der Waals surface area contributed by atoms with Gasteiger partial charge < -0.3 is 14.0 Å². The van der Waals surface area contributed by atoms with E-state index in [4.69, 9.17) is 9.47 Å². The Morgan fingerprint density at radius 3 is 2.90 bits per heavy atom. The first-order chi connectivity index (χ1) is 14.7. The molecule has 0 N–H and O–H groups in total. The first-order valence-electron chi connectivity index (χ1n) is 10.1. The van der Waals surface area contributed by atoms with Crippen LogP contribution in [0, 0.1) is 5.82 Å². The summed E-state index contributed by atoms with van der Waals surface area (Å²) in [6, 6.07) is 12.8. The fourth-order valence-corrected chi connectivity index (χ4v) is 3.69. The minimum absolute atomic E-state index is 0.166. The first-order valence-corrected chi connectivity index (χ1v) is 10.1. The summed E-state index contributed by atoms with van der Waals surface area (Å²) in [5, 5.41) is 0. The maximum absolute atomic E-state index is 14.3. The van der Waals surface area contributed by atoms with Gasteiger partial charge in [-0.05, 0) is 42.3 Å². The van der Waals surface area contributed by atoms with Crippen molar-refractivity contribution in [3.8, 4) is 11.5 Å². The van der Waals surface area contributed by atoms with Gasteiger partial charge in [0, 0.05) is 49.7 Å². The largest absolute Gasteiger partial charge is 0.497 e. The van der Waals surface area contributed by atoms with E-state index in [-0.39, 0.29) is 5.82 Å². The molecule has 1 aromatic heterocycles. The number of hydrogen-bond acceptors (Lipinski definition) is 4. The standard InChI is InChI=1S/C24H26FN3O2/c1-29-22-7-8-24-21(14-22)13-19(17-30-24)15-28(11-4-10-27-12-9-26-18-27)16-20-5-2-3-6-23(20)25/h2-3,5-9,12-14,18H,4,10-11,15-17H2,1H3. The Morgan fingerprint density at radius 1 is 1.20 bits per heavy atom. The van der Waals surface area contributed by atoms with Gasteiger partial charge in [0.05, 0.1) is 13.4 Å². The highest BCUT2D eigenvalue weighted by Gasteiger charge is 2.16. The van der Waals surface area contributed by atoms with Gasteiger partial charge in [-0.25, -0.2) is 9.37 Å². The molecular weight excluding hydrogens is 381 g/mol. The Labute approximate surface area is 176 Å². The molecule has 2 heterocycles. The van der Waals surface area contributed by atoms with Crippen LogP contribution in [0.15, 0.2) is 66.8 Å². The van der Waals surface area contributed by atoms with Crippen molar-refractivity contribution in [2.75, 3.05) is 26.8 Å². The quantitative estimate of drug-likeness (QED) is 0.527. The molecule has 0 atom stereocenters. The normalized spacial score (nSPS) is 13.0. The lowest BCUT2D eigenvalue weighted by atomic mass is 10.1. The van der Waals surface area contributed by atoms with E-state index in [2.05, 4.69) is 20.5 Å². The second kappa shape index (κ2) is 9.59. The van der Waals surface area contributed by atoms with E-state index < -0.39 is 0 Å². The van der Waals surface area contributed by atoms with Gasteiger partial charge in [-0.1, -0.05) is 18.2 Å². The molecule has 156 valence electrons. The number of benzene rings is 2. The number of methoxy groups -OCH3 is 1. The molecule has 0 bridgehead atoms. The molecule has 0 saturated heterocycles. The molecule has 0 amide bonds. The molecule has 0 saturated carbocycles. The zero-order chi connectivity index (χ0) is 20.8. The van der Waals surface area contributed by atoms with E-state index in [1.807, 2.05) is 42.9 Å². The summed E-state index contributed by atoms with van der Waals surface area (Å²) in [5.74, 6) is 1.50. The predicted molar refractivity (Wildman–Crippen MR) is 115 cm³/mol. The van der Waals surface area contributed by atoms with Crippen LogP contribution in [-0.2, 0) is 13.1 Å². The Bertz CT molecular complexity index is 1000. The maximum atomic E-state index is 14.3. The SMILES string of the molecule is COc1ccc2c(c1)C=C(CN(CCCn1ccnc1)Cc1ccccc1F)CO2. The van der Waals surface area contributed by atoms with Crippen molar-refractivity contribution in [1.29, 1.82) is 0 Å². The molecule has 4 rings (SSSR count). The smallest absolute Gasteiger partial charge is 0.127 e. The van der Waals surface area contributed by atoms with Crippen molar-refractivity contribution in [2.24, 2.45) is 0 Å². The Hall–Kier alpha value is -3.12. The molecule has 5 nitrogen and oxygen atoms in total. The van der Waals surface area contributed by atoms with E-state index in [0.29, 0.717) is 18.7 Å². The van der Waals surface area contributed by atoms with Gasteiger partial charge in [0.25, 0.3) is 0 Å². The zero-order valence-electron chi connectivity index (χ0n) is 17.1. The minimum atomic E-state index is -0.166. The molecule has 1 aliphatic rings. The zero-order valence-corrected chi connectivity index (χ0v) is 17.1. The number of nitrogens with zero attached hydrogens (tertiary/aromatic N) is 3. The molecule has 0 unspecified atom stereocenters. The summed E-state index contributed by atoms with van der Waals surface area (Å²) in [5.41, 5.74) is 2.88. The van der Waals surface area contributed by atoms with E-state index >= 15 is 0 Å². The van der Waals surface area contributed by atoms with E-state index in [1.165, 1.54) is 6.07 Å². The number of aromatic nitrogens is 2. The summed E-state index contributed by atoms with van der Waals surface area (Å²) < 4.78 is 27.6. The molecule has 6 heteroatoms. The summed E-state index contributed by atoms with van der Waals surface area (Å²) in [6.07, 6.45) is 8.67. The topological polar surface area (TPSA) is 39.5 Å². The third-order valence-electron chi connectivity index (χ3n) is 5.22. The number of rotatable bonds is 9. The molecule has 0 spiro atoms. The average molecular weight is 407 g/mol. The fourth-order valence-electron chi connectivity index (χ4n) is 3.69. The highest BCUT2D eigenvalue weighted by atomic mass is 19.1. The number of imidazole rings is 1. The molecule has 2 aromatic carbocycles. The van der Waals surface area contributed by atoms with E-state index in [0.717, 1.165) is 48.7 Å². The van der Waals surface area contributed by atoms with Gasteiger partial charge >= 0.3 is 0 Å².